The fourth-order valence-electron chi connectivity index (χ4n) is 1.23. The van der Waals surface area contributed by atoms with E-state index in [-0.39, 0.29) is 0 Å². The molecule has 110 valence electrons. The van der Waals surface area contributed by atoms with Crippen molar-refractivity contribution in [1.29, 1.82) is 0 Å². The van der Waals surface area contributed by atoms with Crippen LogP contribution in [0, 0.1) is 0 Å². The number of rotatable bonds is 8. The number of methoxy groups -OCH3 is 1. The molecule has 0 saturated heterocycles. The highest BCUT2D eigenvalue weighted by Gasteiger charge is 2.20. The summed E-state index contributed by atoms with van der Waals surface area (Å²) >= 11 is 0. The summed E-state index contributed by atoms with van der Waals surface area (Å²) in [6.07, 6.45) is 6.44. The molecule has 0 unspecified atom stereocenters. The van der Waals surface area contributed by atoms with Crippen LogP contribution in [0.25, 0.3) is 0 Å². The zero-order chi connectivity index (χ0) is 15.1. The van der Waals surface area contributed by atoms with Crippen molar-refractivity contribution >= 4 is 16.6 Å². The van der Waals surface area contributed by atoms with Crippen molar-refractivity contribution in [3.8, 4) is 0 Å². The first-order valence-electron chi connectivity index (χ1n) is 6.52. The highest BCUT2D eigenvalue weighted by atomic mass is 28.4. The SMILES string of the molecule is C=CC/C=C(/C=C(/OC)O[Si](C)(C)C)O[Si](C)(C)C. The molecule has 0 rings (SSSR count). The van der Waals surface area contributed by atoms with E-state index in [2.05, 4.69) is 45.9 Å². The third-order valence-corrected chi connectivity index (χ3v) is 3.44. The van der Waals surface area contributed by atoms with Gasteiger partial charge in [-0.1, -0.05) is 6.08 Å². The van der Waals surface area contributed by atoms with Crippen LogP contribution in [0.4, 0.5) is 0 Å². The van der Waals surface area contributed by atoms with E-state index in [1.165, 1.54) is 0 Å². The summed E-state index contributed by atoms with van der Waals surface area (Å²) < 4.78 is 17.2. The Morgan fingerprint density at radius 1 is 1.00 bits per heavy atom. The summed E-state index contributed by atoms with van der Waals surface area (Å²) in [5, 5.41) is 0. The molecule has 0 atom stereocenters. The predicted octanol–water partition coefficient (Wildman–Crippen LogP) is 4.64. The Hall–Kier alpha value is -0.946. The van der Waals surface area contributed by atoms with Gasteiger partial charge in [0.2, 0.25) is 16.6 Å². The average molecular weight is 301 g/mol. The van der Waals surface area contributed by atoms with Crippen LogP contribution < -0.4 is 0 Å². The summed E-state index contributed by atoms with van der Waals surface area (Å²) in [5.41, 5.74) is 0. The van der Waals surface area contributed by atoms with Crippen LogP contribution in [0.1, 0.15) is 6.42 Å². The van der Waals surface area contributed by atoms with Gasteiger partial charge < -0.3 is 13.6 Å². The molecule has 0 N–H and O–H groups in total. The van der Waals surface area contributed by atoms with Crippen LogP contribution in [-0.2, 0) is 13.6 Å². The lowest BCUT2D eigenvalue weighted by molar-refractivity contribution is 0.145. The number of allylic oxidation sites excluding steroid dienone is 3. The first kappa shape index (κ1) is 18.1. The molecule has 0 aliphatic heterocycles. The molecule has 5 heteroatoms. The van der Waals surface area contributed by atoms with E-state index in [0.29, 0.717) is 5.95 Å². The molecule has 0 fully saturated rings. The van der Waals surface area contributed by atoms with Crippen molar-refractivity contribution in [2.75, 3.05) is 7.11 Å². The molecule has 0 aliphatic carbocycles. The van der Waals surface area contributed by atoms with Crippen LogP contribution in [-0.4, -0.2) is 23.7 Å². The lowest BCUT2D eigenvalue weighted by atomic mass is 10.3. The second-order valence-corrected chi connectivity index (χ2v) is 15.1. The fraction of sp³-hybridized carbons (Fsp3) is 0.571. The normalized spacial score (nSPS) is 14.1. The van der Waals surface area contributed by atoms with E-state index in [1.54, 1.807) is 7.11 Å². The summed E-state index contributed by atoms with van der Waals surface area (Å²) in [5.74, 6) is 1.32. The molecule has 0 saturated carbocycles. The first-order chi connectivity index (χ1) is 8.57. The molecular formula is C14H28O3Si2. The minimum Gasteiger partial charge on any atom is -0.544 e. The Labute approximate surface area is 120 Å². The largest absolute Gasteiger partial charge is 0.544 e. The summed E-state index contributed by atoms with van der Waals surface area (Å²) in [4.78, 5) is 0. The molecule has 3 nitrogen and oxygen atoms in total. The Kier molecular flexibility index (Phi) is 7.22. The Morgan fingerprint density at radius 2 is 1.53 bits per heavy atom. The molecular weight excluding hydrogens is 272 g/mol. The minimum absolute atomic E-state index is 0.521. The first-order valence-corrected chi connectivity index (χ1v) is 13.3. The maximum atomic E-state index is 6.02. The van der Waals surface area contributed by atoms with Gasteiger partial charge in [0.25, 0.3) is 5.95 Å². The molecule has 0 heterocycles. The Bertz CT molecular complexity index is 347. The van der Waals surface area contributed by atoms with Crippen LogP contribution >= 0.6 is 0 Å². The van der Waals surface area contributed by atoms with Gasteiger partial charge in [-0.3, -0.25) is 0 Å². The third-order valence-electron chi connectivity index (χ3n) is 1.78. The zero-order valence-electron chi connectivity index (χ0n) is 13.4. The highest BCUT2D eigenvalue weighted by molar-refractivity contribution is 6.70. The summed E-state index contributed by atoms with van der Waals surface area (Å²) in [6.45, 7) is 16.5. The van der Waals surface area contributed by atoms with E-state index >= 15 is 0 Å². The average Bonchev–Trinajstić information content (AvgIpc) is 2.20. The molecule has 0 aromatic rings. The van der Waals surface area contributed by atoms with E-state index in [1.807, 2.05) is 18.2 Å². The van der Waals surface area contributed by atoms with Gasteiger partial charge in [-0.15, -0.1) is 6.58 Å². The van der Waals surface area contributed by atoms with E-state index < -0.39 is 16.6 Å². The van der Waals surface area contributed by atoms with Crippen molar-refractivity contribution < 1.29 is 13.6 Å². The smallest absolute Gasteiger partial charge is 0.268 e. The van der Waals surface area contributed by atoms with Crippen molar-refractivity contribution in [2.24, 2.45) is 0 Å². The Balaban J connectivity index is 5.08. The molecule has 0 radical (unpaired) electrons. The second kappa shape index (κ2) is 7.60. The van der Waals surface area contributed by atoms with Gasteiger partial charge in [0.1, 0.15) is 5.76 Å². The van der Waals surface area contributed by atoms with E-state index in [9.17, 15) is 0 Å². The van der Waals surface area contributed by atoms with Crippen LogP contribution in [0.5, 0.6) is 0 Å². The third kappa shape index (κ3) is 10.6. The van der Waals surface area contributed by atoms with Crippen molar-refractivity contribution in [3.05, 3.63) is 36.5 Å². The number of hydrogen-bond acceptors (Lipinski definition) is 3. The second-order valence-electron chi connectivity index (χ2n) is 6.23. The molecule has 0 aromatic heterocycles. The minimum atomic E-state index is -1.68. The van der Waals surface area contributed by atoms with Gasteiger partial charge in [-0.2, -0.15) is 0 Å². The van der Waals surface area contributed by atoms with Crippen LogP contribution in [0.3, 0.4) is 0 Å². The molecule has 0 aliphatic rings. The van der Waals surface area contributed by atoms with E-state index in [4.69, 9.17) is 13.6 Å². The quantitative estimate of drug-likeness (QED) is 0.283. The molecule has 0 bridgehead atoms. The number of ether oxygens (including phenoxy) is 1. The van der Waals surface area contributed by atoms with Gasteiger partial charge in [0, 0.05) is 0 Å². The Morgan fingerprint density at radius 3 is 1.89 bits per heavy atom. The lowest BCUT2D eigenvalue weighted by Crippen LogP contribution is -2.26. The van der Waals surface area contributed by atoms with Crippen molar-refractivity contribution in [1.82, 2.24) is 0 Å². The highest BCUT2D eigenvalue weighted by Crippen LogP contribution is 2.17. The van der Waals surface area contributed by atoms with Gasteiger partial charge in [-0.05, 0) is 51.8 Å². The molecule has 0 amide bonds. The van der Waals surface area contributed by atoms with Crippen molar-refractivity contribution in [3.63, 3.8) is 0 Å². The molecule has 0 aromatic carbocycles. The monoisotopic (exact) mass is 300 g/mol. The number of hydrogen-bond donors (Lipinski definition) is 0. The molecule has 19 heavy (non-hydrogen) atoms. The standard InChI is InChI=1S/C14H28O3Si2/c1-9-10-11-13(16-18(3,4)5)12-14(15-2)17-19(6,7)8/h9,11-12H,1,10H2,2-8H3/b13-11-,14-12-. The maximum absolute atomic E-state index is 6.02. The topological polar surface area (TPSA) is 27.7 Å². The fourth-order valence-corrected chi connectivity index (χ4v) is 2.83. The predicted molar refractivity (Wildman–Crippen MR) is 86.9 cm³/mol. The van der Waals surface area contributed by atoms with Crippen molar-refractivity contribution in [2.45, 2.75) is 45.7 Å². The summed E-state index contributed by atoms with van der Waals surface area (Å²) in [7, 11) is -1.72. The summed E-state index contributed by atoms with van der Waals surface area (Å²) in [6, 6.07) is 0. The van der Waals surface area contributed by atoms with Crippen LogP contribution in [0.15, 0.2) is 36.5 Å². The van der Waals surface area contributed by atoms with Crippen LogP contribution in [0.2, 0.25) is 39.3 Å². The lowest BCUT2D eigenvalue weighted by Gasteiger charge is -2.23. The van der Waals surface area contributed by atoms with Gasteiger partial charge in [0.15, 0.2) is 0 Å². The van der Waals surface area contributed by atoms with Gasteiger partial charge in [0.05, 0.1) is 13.2 Å². The van der Waals surface area contributed by atoms with Gasteiger partial charge in [-0.25, -0.2) is 0 Å². The van der Waals surface area contributed by atoms with Gasteiger partial charge >= 0.3 is 0 Å². The zero-order valence-corrected chi connectivity index (χ0v) is 15.4. The maximum Gasteiger partial charge on any atom is 0.268 e. The van der Waals surface area contributed by atoms with E-state index in [0.717, 1.165) is 12.2 Å². The molecule has 0 spiro atoms.